The van der Waals surface area contributed by atoms with E-state index in [0.29, 0.717) is 9.87 Å². The van der Waals surface area contributed by atoms with Crippen molar-refractivity contribution in [2.24, 2.45) is 0 Å². The standard InChI is InChI=1S/C19H19NO5S/c1-3-25-19(22)17-16(14-7-5-4-6-8-14)18(21)20(17)26(23,24)15-11-9-13(2)10-12-15/h4-12,16-17H,3H2,1-2H3/t16-,17-/m0/s1. The van der Waals surface area contributed by atoms with Crippen LogP contribution >= 0.6 is 0 Å². The molecule has 1 heterocycles. The summed E-state index contributed by atoms with van der Waals surface area (Å²) in [5, 5.41) is 0. The topological polar surface area (TPSA) is 80.8 Å². The van der Waals surface area contributed by atoms with Crippen molar-refractivity contribution in [3.8, 4) is 0 Å². The van der Waals surface area contributed by atoms with E-state index in [0.717, 1.165) is 5.56 Å². The van der Waals surface area contributed by atoms with Gasteiger partial charge in [-0.05, 0) is 31.5 Å². The van der Waals surface area contributed by atoms with Crippen LogP contribution < -0.4 is 0 Å². The summed E-state index contributed by atoms with van der Waals surface area (Å²) in [7, 11) is -4.14. The fourth-order valence-corrected chi connectivity index (χ4v) is 4.56. The quantitative estimate of drug-likeness (QED) is 0.593. The largest absolute Gasteiger partial charge is 0.464 e. The number of amides is 1. The molecule has 2 aromatic rings. The van der Waals surface area contributed by atoms with E-state index >= 15 is 0 Å². The van der Waals surface area contributed by atoms with E-state index in [-0.39, 0.29) is 11.5 Å². The Labute approximate surface area is 152 Å². The third-order valence-electron chi connectivity index (χ3n) is 4.32. The van der Waals surface area contributed by atoms with Gasteiger partial charge in [0.05, 0.1) is 17.4 Å². The van der Waals surface area contributed by atoms with E-state index in [1.807, 2.05) is 6.92 Å². The number of hydrogen-bond acceptors (Lipinski definition) is 5. The molecule has 0 saturated carbocycles. The third-order valence-corrected chi connectivity index (χ3v) is 6.11. The lowest BCUT2D eigenvalue weighted by atomic mass is 9.84. The van der Waals surface area contributed by atoms with Gasteiger partial charge < -0.3 is 4.74 Å². The number of β-lactam (4-membered cyclic amide) rings is 1. The Morgan fingerprint density at radius 2 is 1.69 bits per heavy atom. The van der Waals surface area contributed by atoms with Gasteiger partial charge in [0.25, 0.3) is 10.0 Å². The van der Waals surface area contributed by atoms with Crippen molar-refractivity contribution in [3.05, 3.63) is 65.7 Å². The summed E-state index contributed by atoms with van der Waals surface area (Å²) < 4.78 is 31.5. The second-order valence-corrected chi connectivity index (χ2v) is 7.85. The highest BCUT2D eigenvalue weighted by Crippen LogP contribution is 2.40. The molecule has 0 spiro atoms. The first-order valence-electron chi connectivity index (χ1n) is 8.24. The first-order chi connectivity index (χ1) is 12.4. The Morgan fingerprint density at radius 3 is 2.27 bits per heavy atom. The molecule has 2 aromatic carbocycles. The Bertz CT molecular complexity index is 922. The van der Waals surface area contributed by atoms with E-state index in [1.54, 1.807) is 49.4 Å². The fourth-order valence-electron chi connectivity index (χ4n) is 3.00. The van der Waals surface area contributed by atoms with E-state index in [2.05, 4.69) is 0 Å². The van der Waals surface area contributed by atoms with E-state index in [4.69, 9.17) is 4.74 Å². The third kappa shape index (κ3) is 2.99. The predicted octanol–water partition coefficient (Wildman–Crippen LogP) is 2.24. The predicted molar refractivity (Wildman–Crippen MR) is 94.8 cm³/mol. The first-order valence-corrected chi connectivity index (χ1v) is 9.68. The summed E-state index contributed by atoms with van der Waals surface area (Å²) in [5.74, 6) is -2.22. The Balaban J connectivity index is 2.01. The van der Waals surface area contributed by atoms with Crippen LogP contribution in [0.25, 0.3) is 0 Å². The second-order valence-electron chi connectivity index (χ2n) is 6.04. The van der Waals surface area contributed by atoms with Gasteiger partial charge >= 0.3 is 5.97 Å². The molecule has 3 rings (SSSR count). The zero-order valence-corrected chi connectivity index (χ0v) is 15.3. The zero-order chi connectivity index (χ0) is 18.9. The average Bonchev–Trinajstić information content (AvgIpc) is 2.60. The molecule has 0 aromatic heterocycles. The van der Waals surface area contributed by atoms with Crippen molar-refractivity contribution in [3.63, 3.8) is 0 Å². The van der Waals surface area contributed by atoms with Crippen LogP contribution in [0, 0.1) is 6.92 Å². The molecule has 0 bridgehead atoms. The molecule has 0 N–H and O–H groups in total. The number of hydrogen-bond donors (Lipinski definition) is 0. The van der Waals surface area contributed by atoms with Crippen LogP contribution in [0.2, 0.25) is 0 Å². The van der Waals surface area contributed by atoms with Crippen molar-refractivity contribution in [2.45, 2.75) is 30.7 Å². The molecule has 1 aliphatic rings. The van der Waals surface area contributed by atoms with Gasteiger partial charge in [0.15, 0.2) is 6.04 Å². The summed E-state index contributed by atoms with van der Waals surface area (Å²) in [6, 6.07) is 13.6. The van der Waals surface area contributed by atoms with Crippen molar-refractivity contribution in [2.75, 3.05) is 6.61 Å². The van der Waals surface area contributed by atoms with Crippen LogP contribution in [0.15, 0.2) is 59.5 Å². The number of carbonyl (C=O) groups is 2. The zero-order valence-electron chi connectivity index (χ0n) is 14.5. The molecule has 0 unspecified atom stereocenters. The van der Waals surface area contributed by atoms with Gasteiger partial charge in [-0.2, -0.15) is 0 Å². The molecule has 6 nitrogen and oxygen atoms in total. The van der Waals surface area contributed by atoms with Gasteiger partial charge in [-0.3, -0.25) is 4.79 Å². The molecule has 1 saturated heterocycles. The minimum Gasteiger partial charge on any atom is -0.464 e. The first kappa shape index (κ1) is 18.1. The molecular formula is C19H19NO5S. The van der Waals surface area contributed by atoms with Crippen LogP contribution in [0.5, 0.6) is 0 Å². The van der Waals surface area contributed by atoms with Crippen molar-refractivity contribution in [1.82, 2.24) is 4.31 Å². The summed E-state index contributed by atoms with van der Waals surface area (Å²) in [5.41, 5.74) is 1.48. The number of ether oxygens (including phenoxy) is 1. The number of esters is 1. The van der Waals surface area contributed by atoms with Crippen molar-refractivity contribution >= 4 is 21.9 Å². The molecule has 0 radical (unpaired) electrons. The maximum absolute atomic E-state index is 12.9. The van der Waals surface area contributed by atoms with Gasteiger partial charge in [0.2, 0.25) is 5.91 Å². The number of nitrogens with zero attached hydrogens (tertiary/aromatic N) is 1. The lowest BCUT2D eigenvalue weighted by Crippen LogP contribution is -2.64. The normalized spacial score (nSPS) is 19.8. The summed E-state index contributed by atoms with van der Waals surface area (Å²) in [6.45, 7) is 3.57. The molecular weight excluding hydrogens is 354 g/mol. The Hall–Kier alpha value is -2.67. The second kappa shape index (κ2) is 6.92. The molecule has 2 atom stereocenters. The SMILES string of the molecule is CCOC(=O)[C@@H]1[C@H](c2ccccc2)C(=O)N1S(=O)(=O)c1ccc(C)cc1. The molecule has 26 heavy (non-hydrogen) atoms. The van der Waals surface area contributed by atoms with Gasteiger partial charge in [0.1, 0.15) is 0 Å². The van der Waals surface area contributed by atoms with Crippen molar-refractivity contribution in [1.29, 1.82) is 0 Å². The molecule has 1 amide bonds. The minimum absolute atomic E-state index is 0.0303. The highest BCUT2D eigenvalue weighted by molar-refractivity contribution is 7.89. The summed E-state index contributed by atoms with van der Waals surface area (Å²) >= 11 is 0. The van der Waals surface area contributed by atoms with Gasteiger partial charge in [0, 0.05) is 0 Å². The Morgan fingerprint density at radius 1 is 1.08 bits per heavy atom. The average molecular weight is 373 g/mol. The minimum atomic E-state index is -4.14. The lowest BCUT2D eigenvalue weighted by Gasteiger charge is -2.44. The molecule has 1 aliphatic heterocycles. The molecule has 7 heteroatoms. The number of carbonyl (C=O) groups excluding carboxylic acids is 2. The molecule has 136 valence electrons. The summed E-state index contributed by atoms with van der Waals surface area (Å²) in [4.78, 5) is 25.1. The lowest BCUT2D eigenvalue weighted by molar-refractivity contribution is -0.162. The van der Waals surface area contributed by atoms with Crippen LogP contribution in [0.1, 0.15) is 24.0 Å². The van der Waals surface area contributed by atoms with Gasteiger partial charge in [-0.15, -0.1) is 0 Å². The number of rotatable bonds is 5. The van der Waals surface area contributed by atoms with E-state index < -0.39 is 33.9 Å². The van der Waals surface area contributed by atoms with E-state index in [1.165, 1.54) is 12.1 Å². The molecule has 0 aliphatic carbocycles. The maximum atomic E-state index is 12.9. The number of sulfonamides is 1. The highest BCUT2D eigenvalue weighted by atomic mass is 32.2. The Kier molecular flexibility index (Phi) is 4.82. The fraction of sp³-hybridized carbons (Fsp3) is 0.263. The van der Waals surface area contributed by atoms with Crippen LogP contribution in [0.3, 0.4) is 0 Å². The van der Waals surface area contributed by atoms with Gasteiger partial charge in [-0.25, -0.2) is 17.5 Å². The smallest absolute Gasteiger partial charge is 0.331 e. The molecule has 1 fully saturated rings. The van der Waals surface area contributed by atoms with Crippen LogP contribution in [-0.2, 0) is 24.3 Å². The van der Waals surface area contributed by atoms with Crippen LogP contribution in [0.4, 0.5) is 0 Å². The van der Waals surface area contributed by atoms with Crippen molar-refractivity contribution < 1.29 is 22.7 Å². The maximum Gasteiger partial charge on any atom is 0.331 e. The van der Waals surface area contributed by atoms with Crippen LogP contribution in [-0.4, -0.2) is 37.2 Å². The monoisotopic (exact) mass is 373 g/mol. The van der Waals surface area contributed by atoms with Gasteiger partial charge in [-0.1, -0.05) is 48.0 Å². The van der Waals surface area contributed by atoms with E-state index in [9.17, 15) is 18.0 Å². The highest BCUT2D eigenvalue weighted by Gasteiger charge is 2.58. The number of benzene rings is 2. The number of aryl methyl sites for hydroxylation is 1. The summed E-state index contributed by atoms with van der Waals surface area (Å²) in [6.07, 6.45) is 0.